The standard InChI is InChI=1S/C38H63O33P/c39-3-9-26-15(45)20(50)33(60-9)67-27-10(4-40)62-35(22(52)17(27)47)69-29-12(6-42)64-37(24(54)19(29)49)71-31-14(8-44)65-38(25(55)32(31)59-1-2-72(56,57)58)70-30-13(7-43)63-36(23(53)18(30)48)68-28-11(5-41)61-34(66-26)21(51)16(28)46/h1-2,9-55H,3-8H2,(H2,56,57,58)/b2-1+/t9-,10-,11-,12-,13-,14-,15-,16-,17-,18-,19-,20-,21-,22-,23-,24-,25-,26-,27-,28-,29-,30-,31+,32-,33-,34-,35-,36-,37-,38-/m1/s1. The van der Waals surface area contributed by atoms with Crippen LogP contribution in [0.4, 0.5) is 0 Å². The second kappa shape index (κ2) is 24.5. The highest BCUT2D eigenvalue weighted by molar-refractivity contribution is 7.55. The van der Waals surface area contributed by atoms with Crippen molar-refractivity contribution in [2.24, 2.45) is 0 Å². The molecule has 72 heavy (non-hydrogen) atoms. The molecule has 0 aromatic carbocycles. The van der Waals surface area contributed by atoms with Crippen LogP contribution in [0.25, 0.3) is 0 Å². The Morgan fingerprint density at radius 2 is 0.528 bits per heavy atom. The average Bonchev–Trinajstić information content (AvgIpc) is 3.35. The molecule has 30 atom stereocenters. The molecule has 34 heteroatoms. The summed E-state index contributed by atoms with van der Waals surface area (Å²) in [6.45, 7) is -6.32. The van der Waals surface area contributed by atoms with Crippen LogP contribution in [0.15, 0.2) is 12.1 Å². The van der Waals surface area contributed by atoms with Gasteiger partial charge in [-0.05, 0) is 0 Å². The Morgan fingerprint density at radius 1 is 0.319 bits per heavy atom. The van der Waals surface area contributed by atoms with E-state index in [0.717, 1.165) is 0 Å². The Morgan fingerprint density at radius 3 is 0.750 bits per heavy atom. The molecular formula is C38H63O33P. The Bertz CT molecular complexity index is 1770. The van der Waals surface area contributed by atoms with E-state index in [-0.39, 0.29) is 5.82 Å². The first kappa shape index (κ1) is 58.2. The summed E-state index contributed by atoms with van der Waals surface area (Å²) in [6, 6.07) is 0. The predicted molar refractivity (Wildman–Crippen MR) is 216 cm³/mol. The van der Waals surface area contributed by atoms with Gasteiger partial charge in [0.2, 0.25) is 0 Å². The van der Waals surface area contributed by atoms with Crippen LogP contribution in [0.1, 0.15) is 0 Å². The summed E-state index contributed by atoms with van der Waals surface area (Å²) in [5.41, 5.74) is 0. The topological polar surface area (TPSA) is 521 Å². The molecule has 0 unspecified atom stereocenters. The minimum atomic E-state index is -4.98. The first-order valence-corrected chi connectivity index (χ1v) is 24.2. The lowest BCUT2D eigenvalue weighted by atomic mass is 9.94. The molecule has 19 N–H and O–H groups in total. The molecule has 12 bridgehead atoms. The van der Waals surface area contributed by atoms with Crippen LogP contribution >= 0.6 is 7.60 Å². The molecule has 22 aliphatic rings. The summed E-state index contributed by atoms with van der Waals surface area (Å²) in [5, 5.41) is 187. The molecule has 0 aliphatic carbocycles. The molecule has 418 valence electrons. The van der Waals surface area contributed by atoms with Gasteiger partial charge in [-0.25, -0.2) is 0 Å². The summed E-state index contributed by atoms with van der Waals surface area (Å²) in [7, 11) is -4.98. The van der Waals surface area contributed by atoms with Gasteiger partial charge in [0.25, 0.3) is 0 Å². The maximum Gasteiger partial charge on any atom is 0.352 e. The van der Waals surface area contributed by atoms with Crippen molar-refractivity contribution in [3.8, 4) is 0 Å². The highest BCUT2D eigenvalue weighted by Gasteiger charge is 2.59. The Kier molecular flexibility index (Phi) is 19.8. The van der Waals surface area contributed by atoms with E-state index in [1.54, 1.807) is 0 Å². The van der Waals surface area contributed by atoms with Gasteiger partial charge in [-0.3, -0.25) is 4.57 Å². The zero-order valence-corrected chi connectivity index (χ0v) is 38.3. The summed E-state index contributed by atoms with van der Waals surface area (Å²) >= 11 is 0. The summed E-state index contributed by atoms with van der Waals surface area (Å²) < 4.78 is 85.6. The second-order valence-electron chi connectivity index (χ2n) is 17.8. The first-order chi connectivity index (χ1) is 34.1. The Labute approximate surface area is 406 Å². The van der Waals surface area contributed by atoms with Gasteiger partial charge in [-0.15, -0.1) is 0 Å². The van der Waals surface area contributed by atoms with Crippen molar-refractivity contribution in [1.29, 1.82) is 0 Å². The van der Waals surface area contributed by atoms with Crippen molar-refractivity contribution in [2.75, 3.05) is 39.6 Å². The molecular weight excluding hydrogens is 1020 g/mol. The molecule has 22 rings (SSSR count). The fourth-order valence-electron chi connectivity index (χ4n) is 9.27. The Balaban J connectivity index is 1.23. The SMILES string of the molecule is O=P(O)(O)/C=C/O[C@@H]1[C@@H](O)[C@H]2O[C@H]3[C@H](O)[C@@H](O)[C@@H](O[C@H]4[C@H](O)[C@@H](O)[C@@H](O[C@H]5[C@H](O)[C@@H](O)[C@@H](O[C@H]6[C@H](O)[C@@H](O)[C@@H](O[C@H]7[C@H](O)[C@@H](O)[C@@H](O[C@H]1[C@@H](CO)O2)O[C@@H]7CO)O[C@@H]6CO)O[C@@H]5CO)O[C@@H]4CO)O[C@@H]3CO. The quantitative estimate of drug-likeness (QED) is 0.0753. The van der Waals surface area contributed by atoms with E-state index in [9.17, 15) is 101 Å². The molecule has 0 aromatic heterocycles. The lowest BCUT2D eigenvalue weighted by Gasteiger charge is -2.51. The summed E-state index contributed by atoms with van der Waals surface area (Å²) in [6.07, 6.45) is -59.8. The van der Waals surface area contributed by atoms with Crippen LogP contribution in [-0.4, -0.2) is 320 Å². The van der Waals surface area contributed by atoms with Crippen molar-refractivity contribution < 1.29 is 163 Å². The van der Waals surface area contributed by atoms with Gasteiger partial charge in [0.1, 0.15) is 140 Å². The van der Waals surface area contributed by atoms with Crippen molar-refractivity contribution in [2.45, 2.75) is 184 Å². The third-order valence-electron chi connectivity index (χ3n) is 13.1. The number of hydrogen-bond donors (Lipinski definition) is 19. The van der Waals surface area contributed by atoms with Crippen LogP contribution < -0.4 is 0 Å². The van der Waals surface area contributed by atoms with Gasteiger partial charge in [-0.2, -0.15) is 0 Å². The van der Waals surface area contributed by atoms with Crippen molar-refractivity contribution >= 4 is 7.60 Å². The maximum atomic E-state index is 11.7. The number of aliphatic hydroxyl groups is 17. The molecule has 22 heterocycles. The van der Waals surface area contributed by atoms with Gasteiger partial charge in [0.05, 0.1) is 51.7 Å². The largest absolute Gasteiger partial charge is 0.492 e. The number of hydrogen-bond acceptors (Lipinski definition) is 31. The first-order valence-electron chi connectivity index (χ1n) is 22.5. The van der Waals surface area contributed by atoms with E-state index in [2.05, 4.69) is 0 Å². The van der Waals surface area contributed by atoms with Crippen LogP contribution in [-0.2, 0) is 66.1 Å². The van der Waals surface area contributed by atoms with Crippen LogP contribution in [0.5, 0.6) is 0 Å². The molecule has 0 amide bonds. The second-order valence-corrected chi connectivity index (χ2v) is 19.3. The molecule has 22 fully saturated rings. The van der Waals surface area contributed by atoms with E-state index in [4.69, 9.17) is 61.6 Å². The summed E-state index contributed by atoms with van der Waals surface area (Å²) in [4.78, 5) is 18.9. The van der Waals surface area contributed by atoms with Gasteiger partial charge in [-0.1, -0.05) is 0 Å². The van der Waals surface area contributed by atoms with E-state index < -0.39 is 231 Å². The highest BCUT2D eigenvalue weighted by atomic mass is 31.2. The molecule has 22 aliphatic heterocycles. The molecule has 0 aromatic rings. The Hall–Kier alpha value is -1.47. The third kappa shape index (κ3) is 12.0. The number of aliphatic hydroxyl groups excluding tert-OH is 17. The van der Waals surface area contributed by atoms with E-state index in [0.29, 0.717) is 6.26 Å². The van der Waals surface area contributed by atoms with Crippen LogP contribution in [0.3, 0.4) is 0 Å². The smallest absolute Gasteiger partial charge is 0.352 e. The molecule has 22 saturated heterocycles. The number of ether oxygens (including phenoxy) is 13. The van der Waals surface area contributed by atoms with Gasteiger partial charge < -0.3 is 158 Å². The fourth-order valence-corrected chi connectivity index (χ4v) is 9.50. The zero-order valence-electron chi connectivity index (χ0n) is 37.4. The minimum absolute atomic E-state index is 0.246. The summed E-state index contributed by atoms with van der Waals surface area (Å²) in [5.74, 6) is 0.246. The van der Waals surface area contributed by atoms with Crippen molar-refractivity contribution in [3.05, 3.63) is 12.1 Å². The fraction of sp³-hybridized carbons (Fsp3) is 0.947. The van der Waals surface area contributed by atoms with Crippen LogP contribution in [0, 0.1) is 0 Å². The normalized spacial score (nSPS) is 52.0. The molecule has 0 saturated carbocycles. The third-order valence-corrected chi connectivity index (χ3v) is 13.6. The predicted octanol–water partition coefficient (Wildman–Crippen LogP) is -12.4. The maximum absolute atomic E-state index is 11.7. The average molecular weight is 1080 g/mol. The molecule has 0 radical (unpaired) electrons. The van der Waals surface area contributed by atoms with Gasteiger partial charge in [0.15, 0.2) is 43.8 Å². The van der Waals surface area contributed by atoms with Crippen LogP contribution in [0.2, 0.25) is 0 Å². The highest BCUT2D eigenvalue weighted by Crippen LogP contribution is 2.40. The minimum Gasteiger partial charge on any atom is -0.492 e. The zero-order chi connectivity index (χ0) is 52.7. The van der Waals surface area contributed by atoms with Crippen molar-refractivity contribution in [1.82, 2.24) is 0 Å². The molecule has 0 spiro atoms. The van der Waals surface area contributed by atoms with Crippen molar-refractivity contribution in [3.63, 3.8) is 0 Å². The molecule has 33 nitrogen and oxygen atoms in total. The lowest BCUT2D eigenvalue weighted by molar-refractivity contribution is -0.404. The van der Waals surface area contributed by atoms with E-state index in [1.165, 1.54) is 0 Å². The van der Waals surface area contributed by atoms with E-state index in [1.807, 2.05) is 0 Å². The monoisotopic (exact) mass is 1080 g/mol. The number of rotatable bonds is 9. The lowest BCUT2D eigenvalue weighted by Crippen LogP contribution is -2.69. The van der Waals surface area contributed by atoms with Gasteiger partial charge >= 0.3 is 7.60 Å². The van der Waals surface area contributed by atoms with Gasteiger partial charge in [0, 0.05) is 0 Å². The van der Waals surface area contributed by atoms with E-state index >= 15 is 0 Å².